The van der Waals surface area contributed by atoms with Crippen molar-refractivity contribution < 1.29 is 9.18 Å². The van der Waals surface area contributed by atoms with Gasteiger partial charge in [0.2, 0.25) is 5.91 Å². The van der Waals surface area contributed by atoms with Gasteiger partial charge in [0.25, 0.3) is 0 Å². The Morgan fingerprint density at radius 3 is 1.96 bits per heavy atom. The summed E-state index contributed by atoms with van der Waals surface area (Å²) in [5.41, 5.74) is 3.07. The first-order valence-electron chi connectivity index (χ1n) is 8.65. The van der Waals surface area contributed by atoms with Crippen LogP contribution in [0.15, 0.2) is 78.9 Å². The molecule has 0 radical (unpaired) electrons. The molecule has 0 atom stereocenters. The molecule has 0 aliphatic heterocycles. The first-order valence-corrected chi connectivity index (χ1v) is 8.65. The summed E-state index contributed by atoms with van der Waals surface area (Å²) in [6, 6.07) is 23.8. The number of hydrogen-bond donors (Lipinski definition) is 2. The molecule has 1 aliphatic carbocycles. The summed E-state index contributed by atoms with van der Waals surface area (Å²) in [6.45, 7) is 0. The molecule has 26 heavy (non-hydrogen) atoms. The van der Waals surface area contributed by atoms with E-state index in [9.17, 15) is 9.18 Å². The Balaban J connectivity index is 1.44. The molecule has 0 bridgehead atoms. The highest BCUT2D eigenvalue weighted by molar-refractivity contribution is 6.01. The lowest BCUT2D eigenvalue weighted by molar-refractivity contribution is -0.118. The first kappa shape index (κ1) is 16.3. The maximum atomic E-state index is 13.1. The van der Waals surface area contributed by atoms with E-state index in [1.54, 1.807) is 12.1 Å². The van der Waals surface area contributed by atoms with Gasteiger partial charge in [-0.1, -0.05) is 30.3 Å². The molecule has 130 valence electrons. The molecule has 0 unspecified atom stereocenters. The Labute approximate surface area is 151 Å². The number of carbonyl (C=O) groups excluding carboxylic acids is 1. The van der Waals surface area contributed by atoms with Crippen LogP contribution in [0.3, 0.4) is 0 Å². The molecular weight excluding hydrogens is 327 g/mol. The van der Waals surface area contributed by atoms with Gasteiger partial charge in [-0.15, -0.1) is 0 Å². The van der Waals surface area contributed by atoms with Gasteiger partial charge in [0.15, 0.2) is 0 Å². The van der Waals surface area contributed by atoms with Crippen LogP contribution in [0.1, 0.15) is 18.4 Å². The van der Waals surface area contributed by atoms with Crippen molar-refractivity contribution in [3.8, 4) is 0 Å². The Morgan fingerprint density at radius 2 is 1.35 bits per heavy atom. The van der Waals surface area contributed by atoms with Crippen LogP contribution < -0.4 is 10.6 Å². The molecule has 0 heterocycles. The summed E-state index contributed by atoms with van der Waals surface area (Å²) in [5.74, 6) is -0.320. The standard InChI is InChI=1S/C22H19FN2O/c23-17-8-6-16(7-9-17)22(14-15-22)21(26)25-20-12-10-19(11-13-20)24-18-4-2-1-3-5-18/h1-13,24H,14-15H2,(H,25,26). The molecule has 4 rings (SSSR count). The molecule has 1 saturated carbocycles. The van der Waals surface area contributed by atoms with Gasteiger partial charge in [-0.2, -0.15) is 0 Å². The van der Waals surface area contributed by atoms with Crippen LogP contribution in [0, 0.1) is 5.82 Å². The van der Waals surface area contributed by atoms with Crippen LogP contribution in [-0.4, -0.2) is 5.91 Å². The van der Waals surface area contributed by atoms with Crippen molar-refractivity contribution >= 4 is 23.0 Å². The zero-order valence-electron chi connectivity index (χ0n) is 14.2. The Bertz CT molecular complexity index is 901. The van der Waals surface area contributed by atoms with Gasteiger partial charge < -0.3 is 10.6 Å². The van der Waals surface area contributed by atoms with E-state index >= 15 is 0 Å². The van der Waals surface area contributed by atoms with Gasteiger partial charge in [0, 0.05) is 17.1 Å². The van der Waals surface area contributed by atoms with Crippen LogP contribution in [0.25, 0.3) is 0 Å². The van der Waals surface area contributed by atoms with E-state index in [1.165, 1.54) is 12.1 Å². The number of para-hydroxylation sites is 1. The first-order chi connectivity index (χ1) is 12.7. The zero-order chi connectivity index (χ0) is 18.0. The molecule has 1 fully saturated rings. The maximum Gasteiger partial charge on any atom is 0.235 e. The molecule has 4 heteroatoms. The largest absolute Gasteiger partial charge is 0.356 e. The Hall–Kier alpha value is -3.14. The summed E-state index contributed by atoms with van der Waals surface area (Å²) < 4.78 is 13.1. The van der Waals surface area contributed by atoms with Gasteiger partial charge in [0.1, 0.15) is 5.82 Å². The van der Waals surface area contributed by atoms with E-state index in [0.717, 1.165) is 35.5 Å². The second-order valence-electron chi connectivity index (χ2n) is 6.61. The summed E-state index contributed by atoms with van der Waals surface area (Å²) in [6.07, 6.45) is 1.58. The number of hydrogen-bond acceptors (Lipinski definition) is 2. The SMILES string of the molecule is O=C(Nc1ccc(Nc2ccccc2)cc1)C1(c2ccc(F)cc2)CC1. The van der Waals surface area contributed by atoms with Crippen LogP contribution in [-0.2, 0) is 10.2 Å². The molecule has 3 nitrogen and oxygen atoms in total. The van der Waals surface area contributed by atoms with Crippen LogP contribution in [0.2, 0.25) is 0 Å². The predicted octanol–water partition coefficient (Wildman–Crippen LogP) is 5.24. The monoisotopic (exact) mass is 346 g/mol. The summed E-state index contributed by atoms with van der Waals surface area (Å²) in [7, 11) is 0. The van der Waals surface area contributed by atoms with Gasteiger partial charge in [0.05, 0.1) is 5.41 Å². The Kier molecular flexibility index (Phi) is 4.17. The molecule has 1 amide bonds. The number of amides is 1. The van der Waals surface area contributed by atoms with Crippen molar-refractivity contribution in [1.29, 1.82) is 0 Å². The lowest BCUT2D eigenvalue weighted by Crippen LogP contribution is -2.27. The van der Waals surface area contributed by atoms with Crippen molar-refractivity contribution in [1.82, 2.24) is 0 Å². The fraction of sp³-hybridized carbons (Fsp3) is 0.136. The van der Waals surface area contributed by atoms with E-state index < -0.39 is 5.41 Å². The second-order valence-corrected chi connectivity index (χ2v) is 6.61. The van der Waals surface area contributed by atoms with Crippen molar-refractivity contribution in [2.45, 2.75) is 18.3 Å². The third kappa shape index (κ3) is 3.31. The highest BCUT2D eigenvalue weighted by Crippen LogP contribution is 2.49. The lowest BCUT2D eigenvalue weighted by Gasteiger charge is -2.16. The van der Waals surface area contributed by atoms with Gasteiger partial charge >= 0.3 is 0 Å². The highest BCUT2D eigenvalue weighted by atomic mass is 19.1. The van der Waals surface area contributed by atoms with Crippen LogP contribution in [0.4, 0.5) is 21.5 Å². The van der Waals surface area contributed by atoms with Crippen LogP contribution >= 0.6 is 0 Å². The number of nitrogens with one attached hydrogen (secondary N) is 2. The van der Waals surface area contributed by atoms with Gasteiger partial charge in [-0.25, -0.2) is 4.39 Å². The number of rotatable bonds is 5. The van der Waals surface area contributed by atoms with Crippen molar-refractivity contribution in [2.75, 3.05) is 10.6 Å². The molecular formula is C22H19FN2O. The molecule has 2 N–H and O–H groups in total. The minimum Gasteiger partial charge on any atom is -0.356 e. The summed E-state index contributed by atoms with van der Waals surface area (Å²) in [5, 5.41) is 6.30. The van der Waals surface area contributed by atoms with Crippen molar-refractivity contribution in [2.24, 2.45) is 0 Å². The third-order valence-electron chi connectivity index (χ3n) is 4.79. The van der Waals surface area contributed by atoms with Gasteiger partial charge in [-0.3, -0.25) is 4.79 Å². The highest BCUT2D eigenvalue weighted by Gasteiger charge is 2.51. The average molecular weight is 346 g/mol. The molecule has 3 aromatic rings. The molecule has 0 aromatic heterocycles. The minimum absolute atomic E-state index is 0.0344. The normalized spacial score (nSPS) is 14.5. The molecule has 3 aromatic carbocycles. The summed E-state index contributed by atoms with van der Waals surface area (Å²) in [4.78, 5) is 12.7. The molecule has 1 aliphatic rings. The van der Waals surface area contributed by atoms with Crippen molar-refractivity contribution in [3.05, 3.63) is 90.2 Å². The van der Waals surface area contributed by atoms with E-state index in [2.05, 4.69) is 10.6 Å². The maximum absolute atomic E-state index is 13.1. The number of benzene rings is 3. The van der Waals surface area contributed by atoms with Crippen molar-refractivity contribution in [3.63, 3.8) is 0 Å². The third-order valence-corrected chi connectivity index (χ3v) is 4.79. The van der Waals surface area contributed by atoms with Crippen LogP contribution in [0.5, 0.6) is 0 Å². The van der Waals surface area contributed by atoms with E-state index in [1.807, 2.05) is 54.6 Å². The number of halogens is 1. The fourth-order valence-electron chi connectivity index (χ4n) is 3.12. The fourth-order valence-corrected chi connectivity index (χ4v) is 3.12. The molecule has 0 saturated heterocycles. The smallest absolute Gasteiger partial charge is 0.235 e. The van der Waals surface area contributed by atoms with E-state index in [-0.39, 0.29) is 11.7 Å². The topological polar surface area (TPSA) is 41.1 Å². The van der Waals surface area contributed by atoms with E-state index in [0.29, 0.717) is 0 Å². The van der Waals surface area contributed by atoms with E-state index in [4.69, 9.17) is 0 Å². The zero-order valence-corrected chi connectivity index (χ0v) is 14.2. The Morgan fingerprint density at radius 1 is 0.769 bits per heavy atom. The summed E-state index contributed by atoms with van der Waals surface area (Å²) >= 11 is 0. The molecule has 0 spiro atoms. The number of carbonyl (C=O) groups is 1. The quantitative estimate of drug-likeness (QED) is 0.663. The predicted molar refractivity (Wildman–Crippen MR) is 102 cm³/mol. The average Bonchev–Trinajstić information content (AvgIpc) is 3.47. The lowest BCUT2D eigenvalue weighted by atomic mass is 9.95. The number of anilines is 3. The second kappa shape index (κ2) is 6.64. The minimum atomic E-state index is -0.519. The van der Waals surface area contributed by atoms with Gasteiger partial charge in [-0.05, 0) is 66.9 Å².